The van der Waals surface area contributed by atoms with Gasteiger partial charge in [-0.3, -0.25) is 9.69 Å². The summed E-state index contributed by atoms with van der Waals surface area (Å²) in [5.41, 5.74) is 3.36. The number of benzene rings is 2. The second kappa shape index (κ2) is 8.97. The molecule has 2 aromatic rings. The smallest absolute Gasteiger partial charge is 0.224 e. The van der Waals surface area contributed by atoms with Gasteiger partial charge in [0.1, 0.15) is 5.75 Å². The summed E-state index contributed by atoms with van der Waals surface area (Å²) in [6, 6.07) is 14.6. The molecule has 0 unspecified atom stereocenters. The third kappa shape index (κ3) is 4.67. The monoisotopic (exact) mass is 443 g/mol. The molecule has 0 bridgehead atoms. The van der Waals surface area contributed by atoms with Crippen molar-refractivity contribution in [3.63, 3.8) is 0 Å². The van der Waals surface area contributed by atoms with Crippen LogP contribution >= 0.6 is 15.9 Å². The Morgan fingerprint density at radius 3 is 2.61 bits per heavy atom. The minimum Gasteiger partial charge on any atom is -0.492 e. The van der Waals surface area contributed by atoms with Crippen molar-refractivity contribution in [2.24, 2.45) is 0 Å². The highest BCUT2D eigenvalue weighted by atomic mass is 79.9. The average molecular weight is 444 g/mol. The van der Waals surface area contributed by atoms with Crippen molar-refractivity contribution in [2.75, 3.05) is 49.5 Å². The van der Waals surface area contributed by atoms with E-state index in [4.69, 9.17) is 4.74 Å². The second-order valence-corrected chi connectivity index (χ2v) is 8.21. The molecule has 28 heavy (non-hydrogen) atoms. The van der Waals surface area contributed by atoms with Gasteiger partial charge in [0.05, 0.1) is 11.1 Å². The number of nitrogens with one attached hydrogen (secondary N) is 1. The Kier molecular flexibility index (Phi) is 6.17. The van der Waals surface area contributed by atoms with E-state index in [1.807, 2.05) is 6.07 Å². The van der Waals surface area contributed by atoms with Crippen molar-refractivity contribution in [1.82, 2.24) is 4.90 Å². The highest BCUT2D eigenvalue weighted by Gasteiger charge is 2.18. The molecule has 1 amide bonds. The molecule has 2 aromatic carbocycles. The molecule has 148 valence electrons. The van der Waals surface area contributed by atoms with Crippen LogP contribution in [0, 0.1) is 0 Å². The minimum absolute atomic E-state index is 0.0791. The number of hydrogen-bond acceptors (Lipinski definition) is 4. The van der Waals surface area contributed by atoms with E-state index in [9.17, 15) is 4.79 Å². The maximum Gasteiger partial charge on any atom is 0.224 e. The second-order valence-electron chi connectivity index (χ2n) is 7.35. The normalized spacial score (nSPS) is 17.2. The molecule has 0 aromatic heterocycles. The van der Waals surface area contributed by atoms with Crippen LogP contribution in [-0.2, 0) is 11.2 Å². The van der Waals surface area contributed by atoms with Crippen molar-refractivity contribution in [1.29, 1.82) is 0 Å². The highest BCUT2D eigenvalue weighted by Crippen LogP contribution is 2.34. The zero-order valence-corrected chi connectivity index (χ0v) is 17.6. The highest BCUT2D eigenvalue weighted by molar-refractivity contribution is 9.10. The van der Waals surface area contributed by atoms with Crippen molar-refractivity contribution in [3.8, 4) is 5.75 Å². The molecule has 1 N–H and O–H groups in total. The Morgan fingerprint density at radius 1 is 1.04 bits per heavy atom. The van der Waals surface area contributed by atoms with E-state index in [1.54, 1.807) is 0 Å². The van der Waals surface area contributed by atoms with E-state index in [-0.39, 0.29) is 5.91 Å². The number of fused-ring (bicyclic) bond motifs is 1. The minimum atomic E-state index is 0.0791. The van der Waals surface area contributed by atoms with E-state index in [1.165, 1.54) is 5.69 Å². The fourth-order valence-electron chi connectivity index (χ4n) is 3.83. The van der Waals surface area contributed by atoms with E-state index in [0.717, 1.165) is 67.0 Å². The first-order chi connectivity index (χ1) is 13.7. The van der Waals surface area contributed by atoms with Gasteiger partial charge in [-0.05, 0) is 52.5 Å². The van der Waals surface area contributed by atoms with Gasteiger partial charge in [-0.1, -0.05) is 18.2 Å². The van der Waals surface area contributed by atoms with Crippen molar-refractivity contribution >= 4 is 33.2 Å². The molecule has 0 spiro atoms. The maximum absolute atomic E-state index is 11.6. The Labute approximate surface area is 174 Å². The van der Waals surface area contributed by atoms with Gasteiger partial charge in [0.25, 0.3) is 0 Å². The molecule has 2 aliphatic rings. The van der Waals surface area contributed by atoms with Gasteiger partial charge in [0, 0.05) is 56.6 Å². The van der Waals surface area contributed by atoms with E-state index in [2.05, 4.69) is 67.4 Å². The van der Waals surface area contributed by atoms with Gasteiger partial charge in [-0.2, -0.15) is 0 Å². The van der Waals surface area contributed by atoms with Crippen LogP contribution in [0.5, 0.6) is 5.75 Å². The lowest BCUT2D eigenvalue weighted by Gasteiger charge is -2.36. The third-order valence-electron chi connectivity index (χ3n) is 5.42. The summed E-state index contributed by atoms with van der Waals surface area (Å²) in [5.74, 6) is 0.880. The zero-order valence-electron chi connectivity index (χ0n) is 16.0. The number of anilines is 2. The Bertz CT molecular complexity index is 820. The zero-order chi connectivity index (χ0) is 19.3. The first-order valence-electron chi connectivity index (χ1n) is 9.96. The average Bonchev–Trinajstić information content (AvgIpc) is 2.73. The van der Waals surface area contributed by atoms with Crippen LogP contribution in [0.2, 0.25) is 0 Å². The third-order valence-corrected chi connectivity index (χ3v) is 6.04. The molecule has 1 saturated heterocycles. The van der Waals surface area contributed by atoms with Crippen LogP contribution in [0.15, 0.2) is 46.9 Å². The molecule has 0 atom stereocenters. The fourth-order valence-corrected chi connectivity index (χ4v) is 4.33. The number of nitrogens with zero attached hydrogens (tertiary/aromatic N) is 2. The number of carbonyl (C=O) groups is 1. The van der Waals surface area contributed by atoms with Gasteiger partial charge >= 0.3 is 0 Å². The van der Waals surface area contributed by atoms with Crippen LogP contribution in [0.4, 0.5) is 11.4 Å². The summed E-state index contributed by atoms with van der Waals surface area (Å²) >= 11 is 3.59. The molecule has 0 aliphatic carbocycles. The number of ether oxygens (including phenoxy) is 1. The summed E-state index contributed by atoms with van der Waals surface area (Å²) in [7, 11) is 0. The molecule has 4 rings (SSSR count). The van der Waals surface area contributed by atoms with E-state index in [0.29, 0.717) is 13.0 Å². The van der Waals surface area contributed by atoms with Gasteiger partial charge < -0.3 is 15.0 Å². The largest absolute Gasteiger partial charge is 0.492 e. The lowest BCUT2D eigenvalue weighted by molar-refractivity contribution is -0.116. The van der Waals surface area contributed by atoms with Gasteiger partial charge in [-0.25, -0.2) is 0 Å². The number of aryl methyl sites for hydroxylation is 1. The number of piperazine rings is 1. The molecule has 1 fully saturated rings. The number of rotatable bonds is 6. The van der Waals surface area contributed by atoms with Gasteiger partial charge in [0.15, 0.2) is 0 Å². The summed E-state index contributed by atoms with van der Waals surface area (Å²) < 4.78 is 6.94. The van der Waals surface area contributed by atoms with E-state index >= 15 is 0 Å². The summed E-state index contributed by atoms with van der Waals surface area (Å²) in [6.45, 7) is 6.03. The van der Waals surface area contributed by atoms with Crippen molar-refractivity contribution in [2.45, 2.75) is 19.3 Å². The number of para-hydroxylation sites is 1. The Balaban J connectivity index is 1.21. The summed E-state index contributed by atoms with van der Waals surface area (Å²) in [4.78, 5) is 16.6. The summed E-state index contributed by atoms with van der Waals surface area (Å²) in [6.07, 6.45) is 2.33. The lowest BCUT2D eigenvalue weighted by Crippen LogP contribution is -2.46. The molecule has 6 heteroatoms. The number of halogens is 1. The van der Waals surface area contributed by atoms with Crippen LogP contribution in [0.1, 0.15) is 18.4 Å². The van der Waals surface area contributed by atoms with Crippen LogP contribution in [0.25, 0.3) is 0 Å². The molecule has 0 saturated carbocycles. The molecule has 0 radical (unpaired) electrons. The van der Waals surface area contributed by atoms with Gasteiger partial charge in [0.2, 0.25) is 5.91 Å². The molecular formula is C22H26BrN3O2. The summed E-state index contributed by atoms with van der Waals surface area (Å²) in [5, 5.41) is 2.93. The molecule has 2 heterocycles. The predicted octanol–water partition coefficient (Wildman–Crippen LogP) is 3.92. The van der Waals surface area contributed by atoms with Crippen molar-refractivity contribution < 1.29 is 9.53 Å². The standard InChI is InChI=1S/C22H26BrN3O2/c23-19-15-17-7-8-22(27)24-20(17)16-21(19)28-14-4-9-25-10-12-26(13-11-25)18-5-2-1-3-6-18/h1-3,5-6,15-16H,4,7-14H2,(H,24,27). The fraction of sp³-hybridized carbons (Fsp3) is 0.409. The Morgan fingerprint density at radius 2 is 1.82 bits per heavy atom. The van der Waals surface area contributed by atoms with Crippen LogP contribution in [-0.4, -0.2) is 50.1 Å². The maximum atomic E-state index is 11.6. The quantitative estimate of drug-likeness (QED) is 0.686. The lowest BCUT2D eigenvalue weighted by atomic mass is 10.0. The van der Waals surface area contributed by atoms with Crippen LogP contribution in [0.3, 0.4) is 0 Å². The predicted molar refractivity (Wildman–Crippen MR) is 116 cm³/mol. The number of hydrogen-bond donors (Lipinski definition) is 1. The molecule has 5 nitrogen and oxygen atoms in total. The number of carbonyl (C=O) groups excluding carboxylic acids is 1. The van der Waals surface area contributed by atoms with E-state index < -0.39 is 0 Å². The topological polar surface area (TPSA) is 44.8 Å². The number of amides is 1. The first-order valence-corrected chi connectivity index (χ1v) is 10.8. The van der Waals surface area contributed by atoms with Crippen molar-refractivity contribution in [3.05, 3.63) is 52.5 Å². The van der Waals surface area contributed by atoms with Crippen LogP contribution < -0.4 is 15.0 Å². The van der Waals surface area contributed by atoms with Gasteiger partial charge in [-0.15, -0.1) is 0 Å². The Hall–Kier alpha value is -2.05. The SMILES string of the molecule is O=C1CCc2cc(Br)c(OCCCN3CCN(c4ccccc4)CC3)cc2N1. The molecular weight excluding hydrogens is 418 g/mol. The molecule has 2 aliphatic heterocycles. The first kappa shape index (κ1) is 19.3.